The summed E-state index contributed by atoms with van der Waals surface area (Å²) < 4.78 is 5.48. The van der Waals surface area contributed by atoms with Crippen molar-refractivity contribution in [1.29, 1.82) is 0 Å². The summed E-state index contributed by atoms with van der Waals surface area (Å²) in [5, 5.41) is 15.2. The molecule has 0 aliphatic carbocycles. The number of benzene rings is 3. The van der Waals surface area contributed by atoms with Crippen molar-refractivity contribution in [2.45, 2.75) is 6.92 Å². The summed E-state index contributed by atoms with van der Waals surface area (Å²) in [6.07, 6.45) is 0. The fourth-order valence-electron chi connectivity index (χ4n) is 3.31. The molecule has 0 aliphatic rings. The molecule has 0 spiro atoms. The molecular weight excluding hydrogens is 422 g/mol. The van der Waals surface area contributed by atoms with Crippen molar-refractivity contribution in [2.75, 3.05) is 6.61 Å². The van der Waals surface area contributed by atoms with Gasteiger partial charge in [0.15, 0.2) is 0 Å². The summed E-state index contributed by atoms with van der Waals surface area (Å²) in [6, 6.07) is 23.8. The van der Waals surface area contributed by atoms with Gasteiger partial charge in [-0.1, -0.05) is 24.3 Å². The zero-order chi connectivity index (χ0) is 22.6. The third kappa shape index (κ3) is 4.24. The topological polar surface area (TPSA) is 104 Å². The van der Waals surface area contributed by atoms with Gasteiger partial charge in [-0.25, -0.2) is 9.68 Å². The number of aromatic nitrogens is 5. The Morgan fingerprint density at radius 1 is 0.970 bits per heavy atom. The van der Waals surface area contributed by atoms with Gasteiger partial charge < -0.3 is 4.74 Å². The van der Waals surface area contributed by atoms with Crippen molar-refractivity contribution >= 4 is 17.0 Å². The van der Waals surface area contributed by atoms with Gasteiger partial charge >= 0.3 is 5.97 Å². The zero-order valence-corrected chi connectivity index (χ0v) is 17.6. The molecule has 0 saturated carbocycles. The van der Waals surface area contributed by atoms with Crippen molar-refractivity contribution in [2.24, 2.45) is 0 Å². The average Bonchev–Trinajstić information content (AvgIpc) is 3.51. The van der Waals surface area contributed by atoms with Crippen molar-refractivity contribution in [3.63, 3.8) is 0 Å². The number of nitrogens with zero attached hydrogens (tertiary/aromatic N) is 4. The Balaban J connectivity index is 1.25. The number of carbonyl (C=O) groups excluding carboxylic acids is 1. The smallest absolute Gasteiger partial charge is 0.388 e. The van der Waals surface area contributed by atoms with E-state index in [4.69, 9.17) is 14.6 Å². The van der Waals surface area contributed by atoms with Crippen LogP contribution in [0.4, 0.5) is 0 Å². The maximum absolute atomic E-state index is 12.3. The van der Waals surface area contributed by atoms with E-state index in [0.29, 0.717) is 23.2 Å². The Morgan fingerprint density at radius 3 is 2.52 bits per heavy atom. The highest BCUT2D eigenvalue weighted by molar-refractivity contribution is 5.89. The van der Waals surface area contributed by atoms with Gasteiger partial charge in [0.05, 0.1) is 23.6 Å². The molecule has 3 aromatic carbocycles. The number of para-hydroxylation sites is 1. The zero-order valence-electron chi connectivity index (χ0n) is 17.6. The number of hydrogen-bond acceptors (Lipinski definition) is 7. The lowest BCUT2D eigenvalue weighted by atomic mass is 10.1. The molecule has 0 amide bonds. The normalized spacial score (nSPS) is 10.8. The van der Waals surface area contributed by atoms with E-state index in [9.17, 15) is 4.79 Å². The molecule has 0 bridgehead atoms. The van der Waals surface area contributed by atoms with E-state index < -0.39 is 5.97 Å². The number of carbonyl (C=O) groups is 1. The van der Waals surface area contributed by atoms with Crippen LogP contribution in [-0.4, -0.2) is 37.9 Å². The van der Waals surface area contributed by atoms with Gasteiger partial charge in [-0.05, 0) is 77.1 Å². The first-order chi connectivity index (χ1) is 16.2. The van der Waals surface area contributed by atoms with Crippen LogP contribution < -0.4 is 9.73 Å². The van der Waals surface area contributed by atoms with Crippen LogP contribution in [-0.2, 0) is 4.89 Å². The lowest BCUT2D eigenvalue weighted by Crippen LogP contribution is -2.18. The molecule has 0 saturated heterocycles. The van der Waals surface area contributed by atoms with Gasteiger partial charge in [-0.2, -0.15) is 10.1 Å². The van der Waals surface area contributed by atoms with Crippen LogP contribution in [0.5, 0.6) is 5.75 Å². The number of hydrogen-bond donors (Lipinski definition) is 1. The van der Waals surface area contributed by atoms with E-state index in [-0.39, 0.29) is 0 Å². The molecule has 5 rings (SSSR count). The van der Waals surface area contributed by atoms with Crippen LogP contribution in [0, 0.1) is 0 Å². The molecule has 0 fully saturated rings. The lowest BCUT2D eigenvalue weighted by Gasteiger charge is -2.04. The molecule has 9 nitrogen and oxygen atoms in total. The minimum absolute atomic E-state index is 0.328. The second-order valence-electron chi connectivity index (χ2n) is 7.10. The van der Waals surface area contributed by atoms with E-state index in [2.05, 4.69) is 20.5 Å². The van der Waals surface area contributed by atoms with Crippen LogP contribution in [0.1, 0.15) is 17.3 Å². The van der Waals surface area contributed by atoms with Crippen molar-refractivity contribution in [3.05, 3.63) is 84.4 Å². The largest absolute Gasteiger partial charge is 0.494 e. The number of fused-ring (bicyclic) bond motifs is 1. The van der Waals surface area contributed by atoms with Crippen LogP contribution in [0.15, 0.2) is 78.9 Å². The van der Waals surface area contributed by atoms with E-state index >= 15 is 0 Å². The molecule has 9 heteroatoms. The predicted octanol–water partition coefficient (Wildman–Crippen LogP) is 4.09. The first-order valence-electron chi connectivity index (χ1n) is 10.3. The van der Waals surface area contributed by atoms with Gasteiger partial charge in [0, 0.05) is 5.56 Å². The Bertz CT molecular complexity index is 1390. The summed E-state index contributed by atoms with van der Waals surface area (Å²) in [7, 11) is 0. The SMILES string of the molecule is CCOc1ccc(-c2cc(-c3ccc(C(=O)OOn4nnc5ccccc54)cc3)[nH]n2)cc1. The minimum Gasteiger partial charge on any atom is -0.494 e. The van der Waals surface area contributed by atoms with Gasteiger partial charge in [0.2, 0.25) is 0 Å². The summed E-state index contributed by atoms with van der Waals surface area (Å²) in [4.78, 5) is 23.3. The predicted molar refractivity (Wildman–Crippen MR) is 120 cm³/mol. The Labute approximate surface area is 188 Å². The highest BCUT2D eigenvalue weighted by atomic mass is 17.3. The molecule has 2 aromatic heterocycles. The number of nitrogens with one attached hydrogen (secondary N) is 1. The summed E-state index contributed by atoms with van der Waals surface area (Å²) >= 11 is 0. The second-order valence-corrected chi connectivity index (χ2v) is 7.10. The van der Waals surface area contributed by atoms with Crippen molar-refractivity contribution in [1.82, 2.24) is 25.4 Å². The molecule has 5 aromatic rings. The second kappa shape index (κ2) is 8.83. The third-order valence-corrected chi connectivity index (χ3v) is 4.98. The monoisotopic (exact) mass is 441 g/mol. The van der Waals surface area contributed by atoms with Crippen molar-refractivity contribution in [3.8, 4) is 28.3 Å². The number of rotatable bonds is 7. The van der Waals surface area contributed by atoms with E-state index in [1.807, 2.05) is 49.4 Å². The number of aromatic amines is 1. The molecule has 0 unspecified atom stereocenters. The first-order valence-corrected chi connectivity index (χ1v) is 10.3. The standard InChI is InChI=1S/C24H19N5O4/c1-2-31-19-13-11-17(12-14-19)22-15-21(25-26-22)16-7-9-18(10-8-16)24(30)32-33-29-23-6-4-3-5-20(23)27-28-29/h3-15H,2H2,1H3,(H,25,26). The van der Waals surface area contributed by atoms with E-state index in [1.165, 1.54) is 0 Å². The van der Waals surface area contributed by atoms with Crippen LogP contribution in [0.2, 0.25) is 0 Å². The van der Waals surface area contributed by atoms with Crippen molar-refractivity contribution < 1.29 is 19.4 Å². The van der Waals surface area contributed by atoms with Gasteiger partial charge in [-0.15, -0.1) is 5.10 Å². The van der Waals surface area contributed by atoms with Gasteiger partial charge in [0.25, 0.3) is 0 Å². The summed E-state index contributed by atoms with van der Waals surface area (Å²) in [5.74, 6) is 0.168. The Kier molecular flexibility index (Phi) is 5.42. The number of ether oxygens (including phenoxy) is 1. The first kappa shape index (κ1) is 20.3. The Hall–Kier alpha value is -4.66. The molecule has 0 aliphatic heterocycles. The maximum Gasteiger partial charge on any atom is 0.388 e. The summed E-state index contributed by atoms with van der Waals surface area (Å²) in [6.45, 7) is 2.57. The Morgan fingerprint density at radius 2 is 1.73 bits per heavy atom. The third-order valence-electron chi connectivity index (χ3n) is 4.98. The highest BCUT2D eigenvalue weighted by Gasteiger charge is 2.13. The van der Waals surface area contributed by atoms with Gasteiger partial charge in [0.1, 0.15) is 16.8 Å². The van der Waals surface area contributed by atoms with Crippen LogP contribution in [0.25, 0.3) is 33.5 Å². The molecule has 1 N–H and O–H groups in total. The lowest BCUT2D eigenvalue weighted by molar-refractivity contribution is -0.248. The fraction of sp³-hybridized carbons (Fsp3) is 0.0833. The van der Waals surface area contributed by atoms with Crippen LogP contribution >= 0.6 is 0 Å². The van der Waals surface area contributed by atoms with E-state index in [1.54, 1.807) is 36.4 Å². The maximum atomic E-state index is 12.3. The molecule has 0 radical (unpaired) electrons. The fourth-order valence-corrected chi connectivity index (χ4v) is 3.31. The van der Waals surface area contributed by atoms with Gasteiger partial charge in [-0.3, -0.25) is 5.10 Å². The average molecular weight is 441 g/mol. The summed E-state index contributed by atoms with van der Waals surface area (Å²) in [5.41, 5.74) is 5.02. The van der Waals surface area contributed by atoms with Crippen LogP contribution in [0.3, 0.4) is 0 Å². The van der Waals surface area contributed by atoms with E-state index in [0.717, 1.165) is 33.1 Å². The molecule has 2 heterocycles. The quantitative estimate of drug-likeness (QED) is 0.300. The minimum atomic E-state index is -0.652. The molecular formula is C24H19N5O4. The molecule has 164 valence electrons. The molecule has 0 atom stereocenters. The molecule has 33 heavy (non-hydrogen) atoms. The number of H-pyrrole nitrogens is 1. The highest BCUT2D eigenvalue weighted by Crippen LogP contribution is 2.25.